The van der Waals surface area contributed by atoms with Crippen LogP contribution in [0.15, 0.2) is 60.7 Å². The number of hydrogen-bond donors (Lipinski definition) is 0. The summed E-state index contributed by atoms with van der Waals surface area (Å²) in [5.41, 5.74) is 0. The van der Waals surface area contributed by atoms with Crippen molar-refractivity contribution < 1.29 is 0 Å². The van der Waals surface area contributed by atoms with E-state index in [2.05, 4.69) is 60.7 Å². The Morgan fingerprint density at radius 3 is 1.20 bits per heavy atom. The Hall–Kier alpha value is -0.0805. The van der Waals surface area contributed by atoms with E-state index < -0.39 is 0 Å². The quantitative estimate of drug-likeness (QED) is 0.686. The van der Waals surface area contributed by atoms with E-state index in [0.717, 1.165) is 0 Å². The normalized spacial score (nSPS) is 8.53. The molecule has 0 nitrogen and oxygen atoms in total. The van der Waals surface area contributed by atoms with Crippen LogP contribution in [0, 0.1) is 0 Å². The van der Waals surface area contributed by atoms with Crippen molar-refractivity contribution in [2.45, 2.75) is 0 Å². The fourth-order valence-electron chi connectivity index (χ4n) is 1.11. The summed E-state index contributed by atoms with van der Waals surface area (Å²) in [6.07, 6.45) is 0. The van der Waals surface area contributed by atoms with Crippen LogP contribution in [0.25, 0.3) is 0 Å². The first-order valence-corrected chi connectivity index (χ1v) is 5.94. The SMILES string of the molecule is Br.Br.c1ccc([Se]c2ccccc2)cc1. The van der Waals surface area contributed by atoms with Crippen LogP contribution in [0.5, 0.6) is 0 Å². The van der Waals surface area contributed by atoms with Gasteiger partial charge in [0.1, 0.15) is 0 Å². The fourth-order valence-corrected chi connectivity index (χ4v) is 2.91. The van der Waals surface area contributed by atoms with E-state index in [1.54, 1.807) is 0 Å². The van der Waals surface area contributed by atoms with E-state index in [1.165, 1.54) is 8.92 Å². The van der Waals surface area contributed by atoms with Gasteiger partial charge in [-0.05, 0) is 0 Å². The minimum atomic E-state index is 0. The van der Waals surface area contributed by atoms with E-state index >= 15 is 0 Å². The first kappa shape index (κ1) is 14.9. The summed E-state index contributed by atoms with van der Waals surface area (Å²) in [4.78, 5) is 0. The van der Waals surface area contributed by atoms with Gasteiger partial charge in [0, 0.05) is 0 Å². The standard InChI is InChI=1S/C12H10Se.2BrH/c1-3-7-11(8-4-1)13-12-9-5-2-6-10-12;;/h1-10H;2*1H. The van der Waals surface area contributed by atoms with E-state index in [1.807, 2.05) is 0 Å². The van der Waals surface area contributed by atoms with E-state index in [9.17, 15) is 0 Å². The molecule has 0 bridgehead atoms. The van der Waals surface area contributed by atoms with Crippen LogP contribution in [0.2, 0.25) is 0 Å². The van der Waals surface area contributed by atoms with Gasteiger partial charge in [0.2, 0.25) is 0 Å². The molecule has 80 valence electrons. The molecule has 0 amide bonds. The van der Waals surface area contributed by atoms with Gasteiger partial charge in [-0.1, -0.05) is 0 Å². The first-order valence-electron chi connectivity index (χ1n) is 4.23. The van der Waals surface area contributed by atoms with Gasteiger partial charge in [0.25, 0.3) is 0 Å². The Labute approximate surface area is 118 Å². The number of hydrogen-bond acceptors (Lipinski definition) is 0. The van der Waals surface area contributed by atoms with Crippen LogP contribution in [-0.4, -0.2) is 15.0 Å². The van der Waals surface area contributed by atoms with Gasteiger partial charge in [0.05, 0.1) is 0 Å². The topological polar surface area (TPSA) is 0 Å². The third-order valence-corrected chi connectivity index (χ3v) is 3.85. The zero-order valence-corrected chi connectivity index (χ0v) is 13.1. The van der Waals surface area contributed by atoms with Crippen molar-refractivity contribution in [1.82, 2.24) is 0 Å². The summed E-state index contributed by atoms with van der Waals surface area (Å²) >= 11 is 0.461. The van der Waals surface area contributed by atoms with Crippen molar-refractivity contribution >= 4 is 57.8 Å². The minimum absolute atomic E-state index is 0. The maximum atomic E-state index is 2.19. The van der Waals surface area contributed by atoms with E-state index in [0.29, 0.717) is 15.0 Å². The Morgan fingerprint density at radius 1 is 0.533 bits per heavy atom. The van der Waals surface area contributed by atoms with Crippen molar-refractivity contribution in [3.63, 3.8) is 0 Å². The second-order valence-corrected chi connectivity index (χ2v) is 5.13. The molecule has 2 rings (SSSR count). The fraction of sp³-hybridized carbons (Fsp3) is 0. The third kappa shape index (κ3) is 4.98. The summed E-state index contributed by atoms with van der Waals surface area (Å²) in [6, 6.07) is 21.3. The Kier molecular flexibility index (Phi) is 8.07. The molecular formula is C12H12Br2Se. The molecular weight excluding hydrogens is 383 g/mol. The van der Waals surface area contributed by atoms with Crippen molar-refractivity contribution in [2.75, 3.05) is 0 Å². The van der Waals surface area contributed by atoms with Gasteiger partial charge in [-0.15, -0.1) is 34.0 Å². The molecule has 0 unspecified atom stereocenters. The molecule has 0 radical (unpaired) electrons. The van der Waals surface area contributed by atoms with Crippen LogP contribution in [0.1, 0.15) is 0 Å². The Balaban J connectivity index is 0.000000980. The summed E-state index contributed by atoms with van der Waals surface area (Å²) in [6.45, 7) is 0. The average Bonchev–Trinajstić information content (AvgIpc) is 2.21. The average molecular weight is 395 g/mol. The first-order chi connectivity index (χ1) is 6.45. The van der Waals surface area contributed by atoms with Crippen molar-refractivity contribution in [1.29, 1.82) is 0 Å². The predicted molar refractivity (Wildman–Crippen MR) is 78.6 cm³/mol. The number of benzene rings is 2. The van der Waals surface area contributed by atoms with Gasteiger partial charge in [-0.25, -0.2) is 0 Å². The second-order valence-electron chi connectivity index (χ2n) is 2.73. The molecule has 0 saturated heterocycles. The zero-order valence-electron chi connectivity index (χ0n) is 8.00. The van der Waals surface area contributed by atoms with Crippen LogP contribution in [0.3, 0.4) is 0 Å². The van der Waals surface area contributed by atoms with Gasteiger partial charge in [0.15, 0.2) is 0 Å². The summed E-state index contributed by atoms with van der Waals surface area (Å²) in [5.74, 6) is 0. The van der Waals surface area contributed by atoms with Crippen molar-refractivity contribution in [3.8, 4) is 0 Å². The molecule has 0 fully saturated rings. The van der Waals surface area contributed by atoms with Crippen LogP contribution < -0.4 is 8.92 Å². The molecule has 0 N–H and O–H groups in total. The van der Waals surface area contributed by atoms with Crippen LogP contribution in [0.4, 0.5) is 0 Å². The summed E-state index contributed by atoms with van der Waals surface area (Å²) in [5, 5.41) is 0. The third-order valence-electron chi connectivity index (χ3n) is 1.72. The predicted octanol–water partition coefficient (Wildman–Crippen LogP) is 2.50. The maximum absolute atomic E-state index is 2.19. The zero-order chi connectivity index (χ0) is 8.93. The van der Waals surface area contributed by atoms with E-state index in [4.69, 9.17) is 0 Å². The van der Waals surface area contributed by atoms with Gasteiger partial charge in [-0.3, -0.25) is 0 Å². The van der Waals surface area contributed by atoms with Crippen LogP contribution >= 0.6 is 34.0 Å². The molecule has 0 saturated carbocycles. The molecule has 0 aromatic heterocycles. The molecule has 2 aromatic rings. The summed E-state index contributed by atoms with van der Waals surface area (Å²) in [7, 11) is 0. The summed E-state index contributed by atoms with van der Waals surface area (Å²) < 4.78 is 2.86. The van der Waals surface area contributed by atoms with Gasteiger partial charge in [-0.2, -0.15) is 0 Å². The molecule has 0 atom stereocenters. The molecule has 0 aliphatic heterocycles. The van der Waals surface area contributed by atoms with Crippen molar-refractivity contribution in [3.05, 3.63) is 60.7 Å². The van der Waals surface area contributed by atoms with Gasteiger partial charge < -0.3 is 0 Å². The molecule has 3 heteroatoms. The van der Waals surface area contributed by atoms with Gasteiger partial charge >= 0.3 is 84.5 Å². The molecule has 0 heterocycles. The number of rotatable bonds is 2. The molecule has 0 aliphatic rings. The number of halogens is 2. The van der Waals surface area contributed by atoms with E-state index in [-0.39, 0.29) is 34.0 Å². The Bertz CT molecular complexity index is 324. The van der Waals surface area contributed by atoms with Crippen molar-refractivity contribution in [2.24, 2.45) is 0 Å². The van der Waals surface area contributed by atoms with Crippen LogP contribution in [-0.2, 0) is 0 Å². The molecule has 0 aliphatic carbocycles. The Morgan fingerprint density at radius 2 is 0.867 bits per heavy atom. The second kappa shape index (κ2) is 8.12. The molecule has 2 aromatic carbocycles. The molecule has 0 spiro atoms. The molecule has 15 heavy (non-hydrogen) atoms. The monoisotopic (exact) mass is 394 g/mol.